The number of imidazole rings is 1. The molecule has 3 fully saturated rings. The smallest absolute Gasteiger partial charge is 0.410 e. The fourth-order valence-corrected chi connectivity index (χ4v) is 9.35. The van der Waals surface area contributed by atoms with Crippen LogP contribution in [-0.2, 0) is 25.6 Å². The van der Waals surface area contributed by atoms with E-state index in [1.165, 1.54) is 11.8 Å². The van der Waals surface area contributed by atoms with E-state index in [1.54, 1.807) is 6.33 Å². The number of hydrogen-bond acceptors (Lipinski definition) is 8. The summed E-state index contributed by atoms with van der Waals surface area (Å²) in [6, 6.07) is 41.1. The van der Waals surface area contributed by atoms with Gasteiger partial charge in [-0.15, -0.1) is 0 Å². The molecule has 0 bridgehead atoms. The predicted octanol–water partition coefficient (Wildman–Crippen LogP) is 8.30. The molecular weight excluding hydrogens is 687 g/mol. The summed E-state index contributed by atoms with van der Waals surface area (Å²) in [6.07, 6.45) is 0.816. The molecule has 2 N–H and O–H groups in total. The third-order valence-corrected chi connectivity index (χ3v) is 11.8. The van der Waals surface area contributed by atoms with E-state index >= 15 is 0 Å². The standard InChI is InChI=1S/C42H39N5O5S/c1-40(2)51-34-33(47-26-43-32-36(45-39(48)49)44-38(46-37(32)47)53-24-27-15-7-3-8-16-27)31-23-41(31,35(34)52-40)25-50-42(28-17-9-4-10-18-28,29-19-11-5-12-20-29)30-21-13-6-14-22-30/h3-22,26,31,33-35H,23-25H2,1-2H3,(H,48,49)(H,44,45,46)/t31-,33-,34+,35+,41+/m1/s1. The highest BCUT2D eigenvalue weighted by Gasteiger charge is 2.76. The Kier molecular flexibility index (Phi) is 8.34. The van der Waals surface area contributed by atoms with Crippen LogP contribution in [0.1, 0.15) is 48.6 Å². The van der Waals surface area contributed by atoms with Gasteiger partial charge >= 0.3 is 6.09 Å². The van der Waals surface area contributed by atoms with Crippen LogP contribution < -0.4 is 5.32 Å². The SMILES string of the molecule is CC1(C)O[C@H]2[C@H](n3cnc4c(NC(=O)O)nc(SCc5ccccc5)nc43)[C@H]3C[C@@]3(COC(c3ccccc3)(c3ccccc3)c3ccccc3)[C@H]2O1. The van der Waals surface area contributed by atoms with Gasteiger partial charge in [0, 0.05) is 11.2 Å². The zero-order valence-electron chi connectivity index (χ0n) is 29.3. The van der Waals surface area contributed by atoms with Crippen LogP contribution >= 0.6 is 11.8 Å². The quantitative estimate of drug-likeness (QED) is 0.0772. The summed E-state index contributed by atoms with van der Waals surface area (Å²) in [7, 11) is 0. The number of carboxylic acid groups (broad SMARTS) is 1. The van der Waals surface area contributed by atoms with Crippen molar-refractivity contribution in [2.75, 3.05) is 11.9 Å². The van der Waals surface area contributed by atoms with Gasteiger partial charge in [0.2, 0.25) is 0 Å². The maximum absolute atomic E-state index is 11.9. The number of thioether (sulfide) groups is 1. The first kappa shape index (κ1) is 33.7. The molecule has 4 aromatic carbocycles. The molecule has 3 heterocycles. The maximum Gasteiger partial charge on any atom is 0.410 e. The Morgan fingerprint density at radius 2 is 1.47 bits per heavy atom. The number of nitrogens with one attached hydrogen (secondary N) is 1. The number of ether oxygens (including phenoxy) is 3. The molecule has 53 heavy (non-hydrogen) atoms. The van der Waals surface area contributed by atoms with Gasteiger partial charge in [-0.2, -0.15) is 0 Å². The number of nitrogens with zero attached hydrogens (tertiary/aromatic N) is 4. The fourth-order valence-electron chi connectivity index (χ4n) is 8.55. The third kappa shape index (κ3) is 5.88. The van der Waals surface area contributed by atoms with E-state index in [9.17, 15) is 9.90 Å². The third-order valence-electron chi connectivity index (χ3n) is 10.9. The number of carbonyl (C=O) groups is 1. The summed E-state index contributed by atoms with van der Waals surface area (Å²) in [5.74, 6) is 0.0829. The Morgan fingerprint density at radius 3 is 2.06 bits per heavy atom. The molecule has 0 unspecified atom stereocenters. The van der Waals surface area contributed by atoms with Crippen molar-refractivity contribution < 1.29 is 24.1 Å². The second-order valence-corrected chi connectivity index (χ2v) is 15.4. The number of rotatable bonds is 11. The highest BCUT2D eigenvalue weighted by Crippen LogP contribution is 2.72. The summed E-state index contributed by atoms with van der Waals surface area (Å²) in [5.41, 5.74) is 3.92. The van der Waals surface area contributed by atoms with E-state index in [-0.39, 0.29) is 35.4 Å². The Balaban J connectivity index is 1.11. The molecule has 268 valence electrons. The topological polar surface area (TPSA) is 121 Å². The minimum absolute atomic E-state index is 0.122. The van der Waals surface area contributed by atoms with Crippen molar-refractivity contribution in [2.24, 2.45) is 11.3 Å². The number of anilines is 1. The number of hydrogen-bond donors (Lipinski definition) is 2. The van der Waals surface area contributed by atoms with Crippen LogP contribution in [0.3, 0.4) is 0 Å². The lowest BCUT2D eigenvalue weighted by atomic mass is 9.80. The van der Waals surface area contributed by atoms with Crippen molar-refractivity contribution in [1.29, 1.82) is 0 Å². The van der Waals surface area contributed by atoms with E-state index in [2.05, 4.69) is 92.6 Å². The van der Waals surface area contributed by atoms with Gasteiger partial charge in [-0.1, -0.05) is 133 Å². The molecule has 2 aliphatic carbocycles. The number of aromatic nitrogens is 4. The van der Waals surface area contributed by atoms with Crippen molar-refractivity contribution in [3.8, 4) is 0 Å². The largest absolute Gasteiger partial charge is 0.465 e. The van der Waals surface area contributed by atoms with Crippen molar-refractivity contribution in [1.82, 2.24) is 19.5 Å². The summed E-state index contributed by atoms with van der Waals surface area (Å²) < 4.78 is 23.0. The molecule has 1 amide bonds. The lowest BCUT2D eigenvalue weighted by molar-refractivity contribution is -0.166. The predicted molar refractivity (Wildman–Crippen MR) is 202 cm³/mol. The zero-order valence-corrected chi connectivity index (χ0v) is 30.1. The van der Waals surface area contributed by atoms with E-state index in [1.807, 2.05) is 62.4 Å². The number of benzene rings is 4. The Labute approximate surface area is 311 Å². The van der Waals surface area contributed by atoms with E-state index in [0.29, 0.717) is 28.7 Å². The van der Waals surface area contributed by atoms with Gasteiger partial charge in [0.05, 0.1) is 25.1 Å². The number of fused-ring (bicyclic) bond motifs is 4. The van der Waals surface area contributed by atoms with Gasteiger partial charge < -0.3 is 23.9 Å². The van der Waals surface area contributed by atoms with Crippen LogP contribution in [0.2, 0.25) is 0 Å². The first-order valence-electron chi connectivity index (χ1n) is 17.8. The summed E-state index contributed by atoms with van der Waals surface area (Å²) in [6.45, 7) is 4.33. The number of amides is 1. The molecule has 6 aromatic rings. The van der Waals surface area contributed by atoms with Gasteiger partial charge in [0.15, 0.2) is 27.9 Å². The molecule has 2 saturated carbocycles. The Bertz CT molecular complexity index is 2160. The summed E-state index contributed by atoms with van der Waals surface area (Å²) >= 11 is 1.45. The highest BCUT2D eigenvalue weighted by molar-refractivity contribution is 7.98. The van der Waals surface area contributed by atoms with Gasteiger partial charge in [0.1, 0.15) is 11.7 Å². The fraction of sp³-hybridized carbons (Fsp3) is 0.286. The van der Waals surface area contributed by atoms with Crippen LogP contribution in [-0.4, -0.2) is 55.3 Å². The monoisotopic (exact) mass is 725 g/mol. The van der Waals surface area contributed by atoms with Crippen molar-refractivity contribution in [3.05, 3.63) is 150 Å². The lowest BCUT2D eigenvalue weighted by Crippen LogP contribution is -2.39. The van der Waals surface area contributed by atoms with Crippen molar-refractivity contribution >= 4 is 34.8 Å². The van der Waals surface area contributed by atoms with Crippen molar-refractivity contribution in [3.63, 3.8) is 0 Å². The van der Waals surface area contributed by atoms with Crippen LogP contribution in [0.4, 0.5) is 10.6 Å². The molecule has 0 spiro atoms. The minimum atomic E-state index is -1.22. The minimum Gasteiger partial charge on any atom is -0.465 e. The normalized spacial score (nSPS) is 24.1. The average Bonchev–Trinajstić information content (AvgIpc) is 3.43. The van der Waals surface area contributed by atoms with E-state index < -0.39 is 17.5 Å². The maximum atomic E-state index is 11.9. The zero-order chi connectivity index (χ0) is 36.2. The molecular formula is C42H39N5O5S. The molecule has 11 heteroatoms. The van der Waals surface area contributed by atoms with Crippen LogP contribution in [0.25, 0.3) is 11.2 Å². The van der Waals surface area contributed by atoms with Crippen molar-refractivity contribution in [2.45, 2.75) is 60.8 Å². The lowest BCUT2D eigenvalue weighted by Gasteiger charge is -2.38. The molecule has 0 radical (unpaired) electrons. The molecule has 5 atom stereocenters. The first-order chi connectivity index (χ1) is 25.8. The molecule has 1 aliphatic heterocycles. The second-order valence-electron chi connectivity index (χ2n) is 14.5. The van der Waals surface area contributed by atoms with Crippen LogP contribution in [0, 0.1) is 11.3 Å². The second kappa shape index (κ2) is 13.1. The van der Waals surface area contributed by atoms with Crippen LogP contribution in [0.5, 0.6) is 0 Å². The van der Waals surface area contributed by atoms with Gasteiger partial charge in [-0.25, -0.2) is 19.7 Å². The average molecular weight is 726 g/mol. The van der Waals surface area contributed by atoms with E-state index in [4.69, 9.17) is 19.2 Å². The van der Waals surface area contributed by atoms with Gasteiger partial charge in [-0.3, -0.25) is 5.32 Å². The Hall–Kier alpha value is -5.07. The summed E-state index contributed by atoms with van der Waals surface area (Å²) in [4.78, 5) is 26.1. The molecule has 2 aromatic heterocycles. The molecule has 3 aliphatic rings. The highest BCUT2D eigenvalue weighted by atomic mass is 32.2. The van der Waals surface area contributed by atoms with Gasteiger partial charge in [0.25, 0.3) is 0 Å². The summed E-state index contributed by atoms with van der Waals surface area (Å²) in [5, 5.41) is 12.6. The first-order valence-corrected chi connectivity index (χ1v) is 18.8. The molecule has 1 saturated heterocycles. The van der Waals surface area contributed by atoms with Gasteiger partial charge in [-0.05, 0) is 48.4 Å². The molecule has 10 nitrogen and oxygen atoms in total. The van der Waals surface area contributed by atoms with E-state index in [0.717, 1.165) is 28.7 Å². The molecule has 9 rings (SSSR count). The van der Waals surface area contributed by atoms with Crippen LogP contribution in [0.15, 0.2) is 133 Å². The Morgan fingerprint density at radius 1 is 0.887 bits per heavy atom.